The zero-order chi connectivity index (χ0) is 29.1. The van der Waals surface area contributed by atoms with Crippen molar-refractivity contribution in [1.29, 1.82) is 0 Å². The van der Waals surface area contributed by atoms with Crippen molar-refractivity contribution in [3.63, 3.8) is 0 Å². The third-order valence-electron chi connectivity index (χ3n) is 9.62. The Morgan fingerprint density at radius 1 is 0.415 bits per heavy atom. The van der Waals surface area contributed by atoms with Crippen LogP contribution in [0.5, 0.6) is 0 Å². The van der Waals surface area contributed by atoms with E-state index in [-0.39, 0.29) is 5.41 Å². The molecule has 2 fully saturated rings. The van der Waals surface area contributed by atoms with Crippen molar-refractivity contribution in [1.82, 2.24) is 9.80 Å². The van der Waals surface area contributed by atoms with Gasteiger partial charge in [-0.25, -0.2) is 0 Å². The number of likely N-dealkylation sites (tertiary alicyclic amines) is 2. The molecule has 0 aromatic carbocycles. The summed E-state index contributed by atoms with van der Waals surface area (Å²) in [7, 11) is 0. The van der Waals surface area contributed by atoms with Crippen LogP contribution >= 0.6 is 0 Å². The van der Waals surface area contributed by atoms with E-state index in [9.17, 15) is 0 Å². The average molecular weight is 579 g/mol. The molecule has 0 aliphatic carbocycles. The molecule has 0 saturated carbocycles. The van der Waals surface area contributed by atoms with Crippen molar-refractivity contribution in [2.45, 2.75) is 168 Å². The highest BCUT2D eigenvalue weighted by molar-refractivity contribution is 4.89. The molecule has 0 aromatic rings. The summed E-state index contributed by atoms with van der Waals surface area (Å²) in [6.07, 6.45) is 33.1. The summed E-state index contributed by atoms with van der Waals surface area (Å²) in [5.41, 5.74) is 0.117. The Kier molecular flexibility index (Phi) is 23.7. The average Bonchev–Trinajstić information content (AvgIpc) is 3.69. The minimum Gasteiger partial charge on any atom is -0.381 e. The molecule has 2 heterocycles. The molecule has 0 N–H and O–H groups in total. The molecular formula is C37H74N2O2. The lowest BCUT2D eigenvalue weighted by molar-refractivity contribution is -0.0526. The van der Waals surface area contributed by atoms with Crippen molar-refractivity contribution < 1.29 is 9.47 Å². The molecule has 2 rings (SSSR count). The van der Waals surface area contributed by atoms with Crippen molar-refractivity contribution in [3.05, 3.63) is 0 Å². The lowest BCUT2D eigenvalue weighted by Crippen LogP contribution is -2.50. The van der Waals surface area contributed by atoms with Gasteiger partial charge in [0.2, 0.25) is 0 Å². The van der Waals surface area contributed by atoms with Gasteiger partial charge >= 0.3 is 0 Å². The van der Waals surface area contributed by atoms with Gasteiger partial charge in [-0.3, -0.25) is 0 Å². The van der Waals surface area contributed by atoms with E-state index < -0.39 is 0 Å². The summed E-state index contributed by atoms with van der Waals surface area (Å²) in [5.74, 6) is 0. The van der Waals surface area contributed by atoms with Gasteiger partial charge < -0.3 is 19.3 Å². The van der Waals surface area contributed by atoms with Crippen LogP contribution in [0.25, 0.3) is 0 Å². The molecule has 2 aliphatic rings. The first-order valence-corrected chi connectivity index (χ1v) is 18.9. The summed E-state index contributed by atoms with van der Waals surface area (Å²) in [6, 6.07) is 0. The molecular weight excluding hydrogens is 504 g/mol. The number of hydrogen-bond donors (Lipinski definition) is 0. The fraction of sp³-hybridized carbons (Fsp3) is 1.00. The van der Waals surface area contributed by atoms with Crippen LogP contribution in [0.1, 0.15) is 168 Å². The molecule has 0 bridgehead atoms. The van der Waals surface area contributed by atoms with Gasteiger partial charge in [-0.05, 0) is 64.7 Å². The third-order valence-corrected chi connectivity index (χ3v) is 9.62. The van der Waals surface area contributed by atoms with Crippen LogP contribution in [0.4, 0.5) is 0 Å². The molecule has 2 saturated heterocycles. The van der Waals surface area contributed by atoms with Crippen molar-refractivity contribution in [3.8, 4) is 0 Å². The monoisotopic (exact) mass is 579 g/mol. The summed E-state index contributed by atoms with van der Waals surface area (Å²) in [5, 5.41) is 0. The highest BCUT2D eigenvalue weighted by Crippen LogP contribution is 2.27. The zero-order valence-electron chi connectivity index (χ0n) is 28.3. The van der Waals surface area contributed by atoms with Gasteiger partial charge in [0.25, 0.3) is 0 Å². The molecule has 41 heavy (non-hydrogen) atoms. The Hall–Kier alpha value is -0.160. The predicted molar refractivity (Wildman–Crippen MR) is 179 cm³/mol. The summed E-state index contributed by atoms with van der Waals surface area (Å²) < 4.78 is 13.0. The first-order valence-electron chi connectivity index (χ1n) is 18.9. The molecule has 0 radical (unpaired) electrons. The van der Waals surface area contributed by atoms with Crippen LogP contribution in [-0.4, -0.2) is 75.5 Å². The lowest BCUT2D eigenvalue weighted by atomic mass is 9.88. The molecule has 0 spiro atoms. The summed E-state index contributed by atoms with van der Waals surface area (Å²) in [4.78, 5) is 5.42. The van der Waals surface area contributed by atoms with Crippen LogP contribution in [-0.2, 0) is 9.47 Å². The predicted octanol–water partition coefficient (Wildman–Crippen LogP) is 10.0. The van der Waals surface area contributed by atoms with E-state index >= 15 is 0 Å². The van der Waals surface area contributed by atoms with Gasteiger partial charge in [-0.1, -0.05) is 129 Å². The first-order chi connectivity index (χ1) is 20.3. The standard InChI is InChI=1S/C37H74N2O2/c1-3-5-7-9-11-13-15-17-19-25-31-40-35-37(33-38-27-21-22-28-38,34-39-29-23-24-30-39)36-41-32-26-20-18-16-14-12-10-8-6-4-2/h3-36H2,1-2H3. The first kappa shape index (κ1) is 37.0. The summed E-state index contributed by atoms with van der Waals surface area (Å²) in [6.45, 7) is 15.6. The van der Waals surface area contributed by atoms with Crippen LogP contribution in [0, 0.1) is 5.41 Å². The zero-order valence-corrected chi connectivity index (χ0v) is 28.3. The van der Waals surface area contributed by atoms with E-state index in [1.165, 1.54) is 180 Å². The Morgan fingerprint density at radius 2 is 0.707 bits per heavy atom. The van der Waals surface area contributed by atoms with Gasteiger partial charge in [0.05, 0.1) is 13.2 Å². The van der Waals surface area contributed by atoms with Gasteiger partial charge in [-0.2, -0.15) is 0 Å². The molecule has 244 valence electrons. The van der Waals surface area contributed by atoms with E-state index in [0.29, 0.717) is 0 Å². The van der Waals surface area contributed by atoms with Crippen LogP contribution in [0.2, 0.25) is 0 Å². The molecule has 2 aliphatic heterocycles. The Labute approximate surface area is 258 Å². The Balaban J connectivity index is 1.68. The number of hydrogen-bond acceptors (Lipinski definition) is 4. The number of nitrogens with zero attached hydrogens (tertiary/aromatic N) is 2. The quantitative estimate of drug-likeness (QED) is 0.0792. The summed E-state index contributed by atoms with van der Waals surface area (Å²) >= 11 is 0. The van der Waals surface area contributed by atoms with E-state index in [4.69, 9.17) is 9.47 Å². The highest BCUT2D eigenvalue weighted by atomic mass is 16.5. The second-order valence-corrected chi connectivity index (χ2v) is 13.9. The van der Waals surface area contributed by atoms with Gasteiger partial charge in [-0.15, -0.1) is 0 Å². The molecule has 4 nitrogen and oxygen atoms in total. The maximum absolute atomic E-state index is 6.52. The smallest absolute Gasteiger partial charge is 0.0569 e. The van der Waals surface area contributed by atoms with Gasteiger partial charge in [0, 0.05) is 31.7 Å². The minimum atomic E-state index is 0.117. The van der Waals surface area contributed by atoms with Crippen LogP contribution in [0.15, 0.2) is 0 Å². The van der Waals surface area contributed by atoms with Crippen LogP contribution in [0.3, 0.4) is 0 Å². The number of rotatable bonds is 30. The minimum absolute atomic E-state index is 0.117. The fourth-order valence-corrected chi connectivity index (χ4v) is 7.06. The highest BCUT2D eigenvalue weighted by Gasteiger charge is 2.36. The Morgan fingerprint density at radius 3 is 1.02 bits per heavy atom. The van der Waals surface area contributed by atoms with Gasteiger partial charge in [0.15, 0.2) is 0 Å². The third kappa shape index (κ3) is 19.7. The van der Waals surface area contributed by atoms with E-state index in [0.717, 1.165) is 39.5 Å². The maximum atomic E-state index is 6.52. The maximum Gasteiger partial charge on any atom is 0.0569 e. The number of unbranched alkanes of at least 4 members (excludes halogenated alkanes) is 18. The van der Waals surface area contributed by atoms with Crippen molar-refractivity contribution >= 4 is 0 Å². The van der Waals surface area contributed by atoms with Gasteiger partial charge in [0.1, 0.15) is 0 Å². The normalized spacial score (nSPS) is 16.8. The van der Waals surface area contributed by atoms with Crippen molar-refractivity contribution in [2.75, 3.05) is 65.7 Å². The molecule has 0 amide bonds. The SMILES string of the molecule is CCCCCCCCCCCCOCC(COCCCCCCCCCCCC)(CN1CCCC1)CN1CCCC1. The molecule has 4 heteroatoms. The second kappa shape index (κ2) is 26.3. The van der Waals surface area contributed by atoms with Crippen molar-refractivity contribution in [2.24, 2.45) is 5.41 Å². The fourth-order valence-electron chi connectivity index (χ4n) is 7.06. The molecule has 0 atom stereocenters. The van der Waals surface area contributed by atoms with Crippen LogP contribution < -0.4 is 0 Å². The number of ether oxygens (including phenoxy) is 2. The lowest BCUT2D eigenvalue weighted by Gasteiger charge is -2.39. The topological polar surface area (TPSA) is 24.9 Å². The van der Waals surface area contributed by atoms with E-state index in [1.807, 2.05) is 0 Å². The van der Waals surface area contributed by atoms with E-state index in [2.05, 4.69) is 23.6 Å². The largest absolute Gasteiger partial charge is 0.381 e. The molecule has 0 aromatic heterocycles. The van der Waals surface area contributed by atoms with E-state index in [1.54, 1.807) is 0 Å². The second-order valence-electron chi connectivity index (χ2n) is 13.9. The Bertz CT molecular complexity index is 497. The molecule has 0 unspecified atom stereocenters.